The number of hydrogen-bond acceptors (Lipinski definition) is 5. The van der Waals surface area contributed by atoms with Crippen molar-refractivity contribution in [2.75, 3.05) is 0 Å². The van der Waals surface area contributed by atoms with Crippen LogP contribution in [-0.2, 0) is 9.59 Å². The number of carbonyl (C=O) groups is 3. The van der Waals surface area contributed by atoms with Gasteiger partial charge < -0.3 is 26.2 Å². The molecule has 1 aliphatic heterocycles. The molecule has 0 saturated heterocycles. The number of benzene rings is 1. The van der Waals surface area contributed by atoms with Crippen LogP contribution in [0.1, 0.15) is 81.5 Å². The van der Waals surface area contributed by atoms with Crippen molar-refractivity contribution >= 4 is 17.7 Å². The Hall–Kier alpha value is -3.13. The highest BCUT2D eigenvalue weighted by atomic mass is 16.3. The molecule has 0 bridgehead atoms. The van der Waals surface area contributed by atoms with Crippen LogP contribution in [0.4, 0.5) is 0 Å². The van der Waals surface area contributed by atoms with Crippen LogP contribution < -0.4 is 11.1 Å². The van der Waals surface area contributed by atoms with E-state index in [-0.39, 0.29) is 23.3 Å². The lowest BCUT2D eigenvalue weighted by molar-refractivity contribution is -0.126. The minimum atomic E-state index is -1.13. The molecule has 5 N–H and O–H groups in total. The minimum absolute atomic E-state index is 0.124. The number of carbonyl (C=O) groups excluding carboxylic acids is 3. The minimum Gasteiger partial charge on any atom is -0.507 e. The number of aromatic hydroxyl groups is 1. The van der Waals surface area contributed by atoms with Gasteiger partial charge in [0.25, 0.3) is 5.91 Å². The van der Waals surface area contributed by atoms with Gasteiger partial charge in [-0.2, -0.15) is 0 Å². The zero-order valence-corrected chi connectivity index (χ0v) is 20.6. The highest BCUT2D eigenvalue weighted by molar-refractivity contribution is 6.00. The third-order valence-electron chi connectivity index (χ3n) is 6.34. The molecule has 0 radical (unpaired) electrons. The van der Waals surface area contributed by atoms with Crippen LogP contribution >= 0.6 is 0 Å². The SMILES string of the molecule is C=C(CCCCC)[C@H](CCCCC[C@@H](O)C(N)=O)NC(=O)[C@@H]1CC=CN1C(=O)c1ccccc1O. The van der Waals surface area contributed by atoms with Gasteiger partial charge >= 0.3 is 0 Å². The first-order valence-electron chi connectivity index (χ1n) is 12.5. The number of primary amides is 1. The maximum absolute atomic E-state index is 13.2. The summed E-state index contributed by atoms with van der Waals surface area (Å²) in [5.41, 5.74) is 6.19. The van der Waals surface area contributed by atoms with Crippen LogP contribution in [0.2, 0.25) is 0 Å². The van der Waals surface area contributed by atoms with Gasteiger partial charge in [-0.1, -0.05) is 69.4 Å². The predicted octanol–water partition coefficient (Wildman–Crippen LogP) is 3.54. The summed E-state index contributed by atoms with van der Waals surface area (Å²) in [6.45, 7) is 6.36. The van der Waals surface area contributed by atoms with Crippen molar-refractivity contribution in [3.8, 4) is 5.75 Å². The Kier molecular flexibility index (Phi) is 11.5. The number of aliphatic hydroxyl groups excluding tert-OH is 1. The molecule has 1 heterocycles. The van der Waals surface area contributed by atoms with Crippen molar-refractivity contribution in [1.29, 1.82) is 0 Å². The lowest BCUT2D eigenvalue weighted by Gasteiger charge is -2.27. The molecule has 0 saturated carbocycles. The van der Waals surface area contributed by atoms with Crippen LogP contribution in [0.15, 0.2) is 48.7 Å². The molecule has 192 valence electrons. The Morgan fingerprint density at radius 1 is 1.14 bits per heavy atom. The Labute approximate surface area is 207 Å². The second kappa shape index (κ2) is 14.3. The molecule has 1 aromatic carbocycles. The standard InChI is InChI=1S/C27H39N3O5/c1-3-4-6-12-19(2)21(14-7-5-8-17-24(32)25(28)33)29-26(34)22-15-11-18-30(22)27(35)20-13-9-10-16-23(20)31/h9-11,13,16,18,21-22,24,31-32H,2-8,12,14-15,17H2,1H3,(H2,28,33)(H,29,34)/t21-,22-,24+/m0/s1. The van der Waals surface area contributed by atoms with Crippen LogP contribution in [0.25, 0.3) is 0 Å². The molecule has 0 spiro atoms. The number of hydrogen-bond donors (Lipinski definition) is 4. The van der Waals surface area contributed by atoms with Crippen LogP contribution in [0.3, 0.4) is 0 Å². The van der Waals surface area contributed by atoms with Crippen molar-refractivity contribution in [2.24, 2.45) is 5.73 Å². The Morgan fingerprint density at radius 2 is 1.86 bits per heavy atom. The number of nitrogens with zero attached hydrogens (tertiary/aromatic N) is 1. The van der Waals surface area contributed by atoms with E-state index in [1.807, 2.05) is 0 Å². The van der Waals surface area contributed by atoms with Gasteiger partial charge in [-0.3, -0.25) is 14.4 Å². The quantitative estimate of drug-likeness (QED) is 0.223. The molecule has 3 amide bonds. The molecule has 0 aromatic heterocycles. The van der Waals surface area contributed by atoms with Crippen molar-refractivity contribution in [2.45, 2.75) is 89.3 Å². The number of nitrogens with two attached hydrogens (primary N) is 1. The van der Waals surface area contributed by atoms with Gasteiger partial charge in [-0.05, 0) is 44.2 Å². The fourth-order valence-electron chi connectivity index (χ4n) is 4.18. The van der Waals surface area contributed by atoms with Gasteiger partial charge in [0.2, 0.25) is 11.8 Å². The van der Waals surface area contributed by atoms with Crippen molar-refractivity contribution in [3.05, 3.63) is 54.3 Å². The second-order valence-electron chi connectivity index (χ2n) is 9.10. The summed E-state index contributed by atoms with van der Waals surface area (Å²) in [6, 6.07) is 5.36. The van der Waals surface area contributed by atoms with Gasteiger partial charge in [0.05, 0.1) is 5.56 Å². The molecule has 0 unspecified atom stereocenters. The van der Waals surface area contributed by atoms with Crippen LogP contribution in [-0.4, -0.2) is 51.0 Å². The number of phenols is 1. The molecule has 1 aromatic rings. The molecule has 35 heavy (non-hydrogen) atoms. The van der Waals surface area contributed by atoms with Gasteiger partial charge in [0.15, 0.2) is 0 Å². The van der Waals surface area contributed by atoms with E-state index in [1.165, 1.54) is 17.0 Å². The average Bonchev–Trinajstić information content (AvgIpc) is 3.33. The number of rotatable bonds is 15. The van der Waals surface area contributed by atoms with E-state index >= 15 is 0 Å². The van der Waals surface area contributed by atoms with E-state index in [4.69, 9.17) is 5.73 Å². The summed E-state index contributed by atoms with van der Waals surface area (Å²) in [5.74, 6) is -1.53. The fourth-order valence-corrected chi connectivity index (χ4v) is 4.18. The maximum atomic E-state index is 13.2. The highest BCUT2D eigenvalue weighted by Crippen LogP contribution is 2.24. The molecule has 0 fully saturated rings. The Bertz CT molecular complexity index is 914. The second-order valence-corrected chi connectivity index (χ2v) is 9.10. The predicted molar refractivity (Wildman–Crippen MR) is 135 cm³/mol. The third kappa shape index (κ3) is 8.55. The van der Waals surface area contributed by atoms with Crippen molar-refractivity contribution in [3.63, 3.8) is 0 Å². The lowest BCUT2D eigenvalue weighted by Crippen LogP contribution is -2.48. The number of amides is 3. The van der Waals surface area contributed by atoms with Gasteiger partial charge in [0.1, 0.15) is 17.9 Å². The number of para-hydroxylation sites is 1. The Morgan fingerprint density at radius 3 is 2.54 bits per heavy atom. The zero-order chi connectivity index (χ0) is 25.8. The largest absolute Gasteiger partial charge is 0.507 e. The van der Waals surface area contributed by atoms with E-state index in [9.17, 15) is 24.6 Å². The summed E-state index contributed by atoms with van der Waals surface area (Å²) in [4.78, 5) is 38.6. The summed E-state index contributed by atoms with van der Waals surface area (Å²) in [5, 5.41) is 22.7. The molecular weight excluding hydrogens is 446 g/mol. The average molecular weight is 486 g/mol. The Balaban J connectivity index is 2.00. The van der Waals surface area contributed by atoms with E-state index in [0.717, 1.165) is 44.1 Å². The normalized spacial score (nSPS) is 16.6. The smallest absolute Gasteiger partial charge is 0.262 e. The van der Waals surface area contributed by atoms with Gasteiger partial charge in [-0.15, -0.1) is 0 Å². The molecule has 2 rings (SSSR count). The molecule has 8 heteroatoms. The number of aliphatic hydroxyl groups is 1. The van der Waals surface area contributed by atoms with E-state index in [1.54, 1.807) is 24.4 Å². The first-order valence-corrected chi connectivity index (χ1v) is 12.5. The van der Waals surface area contributed by atoms with Crippen molar-refractivity contribution in [1.82, 2.24) is 10.2 Å². The maximum Gasteiger partial charge on any atom is 0.262 e. The number of phenolic OH excluding ortho intramolecular Hbond substituents is 1. The van der Waals surface area contributed by atoms with E-state index in [0.29, 0.717) is 25.7 Å². The van der Waals surface area contributed by atoms with E-state index < -0.39 is 24.0 Å². The van der Waals surface area contributed by atoms with Crippen LogP contribution in [0, 0.1) is 0 Å². The summed E-state index contributed by atoms with van der Waals surface area (Å²) < 4.78 is 0. The van der Waals surface area contributed by atoms with Gasteiger partial charge in [0, 0.05) is 12.2 Å². The topological polar surface area (TPSA) is 133 Å². The molecular formula is C27H39N3O5. The first-order chi connectivity index (χ1) is 16.8. The zero-order valence-electron chi connectivity index (χ0n) is 20.6. The molecule has 1 aliphatic rings. The van der Waals surface area contributed by atoms with Crippen molar-refractivity contribution < 1.29 is 24.6 Å². The molecule has 0 aliphatic carbocycles. The van der Waals surface area contributed by atoms with Crippen LogP contribution in [0.5, 0.6) is 5.75 Å². The molecule has 3 atom stereocenters. The molecule has 8 nitrogen and oxygen atoms in total. The van der Waals surface area contributed by atoms with Gasteiger partial charge in [-0.25, -0.2) is 0 Å². The first kappa shape index (κ1) is 28.1. The third-order valence-corrected chi connectivity index (χ3v) is 6.34. The lowest BCUT2D eigenvalue weighted by atomic mass is 9.96. The number of nitrogens with one attached hydrogen (secondary N) is 1. The highest BCUT2D eigenvalue weighted by Gasteiger charge is 2.33. The summed E-state index contributed by atoms with van der Waals surface area (Å²) >= 11 is 0. The summed E-state index contributed by atoms with van der Waals surface area (Å²) in [6.07, 6.45) is 9.82. The van der Waals surface area contributed by atoms with E-state index in [2.05, 4.69) is 18.8 Å². The fraction of sp³-hybridized carbons (Fsp3) is 0.519. The number of unbranched alkanes of at least 4 members (excludes halogenated alkanes) is 4. The summed E-state index contributed by atoms with van der Waals surface area (Å²) in [7, 11) is 0. The monoisotopic (exact) mass is 485 g/mol.